The third-order valence-corrected chi connectivity index (χ3v) is 7.69. The van der Waals surface area contributed by atoms with Gasteiger partial charge in [-0.2, -0.15) is 26.3 Å². The molecular formula is C25H22F6N2OS2. The number of rotatable bonds is 4. The molecule has 1 saturated heterocycles. The quantitative estimate of drug-likeness (QED) is 0.274. The number of aromatic nitrogens is 1. The van der Waals surface area contributed by atoms with Crippen molar-refractivity contribution in [2.75, 3.05) is 6.54 Å². The first-order valence-corrected chi connectivity index (χ1v) is 12.6. The Balaban J connectivity index is 1.72. The molecule has 11 heteroatoms. The van der Waals surface area contributed by atoms with Crippen molar-refractivity contribution in [1.82, 2.24) is 9.88 Å². The molecule has 0 aliphatic carbocycles. The Morgan fingerprint density at radius 3 is 2.42 bits per heavy atom. The summed E-state index contributed by atoms with van der Waals surface area (Å²) in [6, 6.07) is 12.6. The van der Waals surface area contributed by atoms with Crippen LogP contribution in [0.5, 0.6) is 0 Å². The highest BCUT2D eigenvalue weighted by molar-refractivity contribution is 8.22. The lowest BCUT2D eigenvalue weighted by molar-refractivity contribution is -0.142. The van der Waals surface area contributed by atoms with Crippen LogP contribution in [0.2, 0.25) is 0 Å². The van der Waals surface area contributed by atoms with Crippen LogP contribution in [-0.2, 0) is 18.1 Å². The molecule has 1 fully saturated rings. The van der Waals surface area contributed by atoms with E-state index in [1.807, 2.05) is 30.3 Å². The first-order chi connectivity index (χ1) is 17.0. The minimum Gasteiger partial charge on any atom is -0.386 e. The number of fused-ring (bicyclic) bond motifs is 1. The minimum atomic E-state index is -4.99. The summed E-state index contributed by atoms with van der Waals surface area (Å²) in [5.41, 5.74) is -2.81. The molecule has 0 saturated carbocycles. The molecule has 2 atom stereocenters. The van der Waals surface area contributed by atoms with E-state index >= 15 is 0 Å². The van der Waals surface area contributed by atoms with Crippen LogP contribution < -0.4 is 0 Å². The Morgan fingerprint density at radius 2 is 1.75 bits per heavy atom. The van der Waals surface area contributed by atoms with Gasteiger partial charge in [-0.15, -0.1) is 0 Å². The Kier molecular flexibility index (Phi) is 7.82. The smallest absolute Gasteiger partial charge is 0.386 e. The van der Waals surface area contributed by atoms with Gasteiger partial charge in [-0.3, -0.25) is 0 Å². The zero-order valence-electron chi connectivity index (χ0n) is 18.8. The fourth-order valence-electron chi connectivity index (χ4n) is 4.42. The number of pyridine rings is 1. The molecule has 1 aliphatic heterocycles. The minimum absolute atomic E-state index is 0.168. The number of likely N-dealkylation sites (tertiary alicyclic amines) is 1. The number of para-hydroxylation sites is 1. The number of nitrogens with zero attached hydrogens (tertiary/aromatic N) is 2. The average molecular weight is 545 g/mol. The second kappa shape index (κ2) is 10.5. The molecule has 0 spiro atoms. The van der Waals surface area contributed by atoms with Crippen LogP contribution in [0.4, 0.5) is 26.3 Å². The van der Waals surface area contributed by atoms with E-state index in [0.29, 0.717) is 41.6 Å². The van der Waals surface area contributed by atoms with E-state index in [2.05, 4.69) is 4.98 Å². The standard InChI is InChI=1S/C25H22F6N2OS2/c26-24(27,28)18-10-6-9-16-17(13-20(25(29,30)31)32-21(16)18)22(34)19-11-4-5-12-33(19)23(35)36-14-15-7-2-1-3-8-15/h1-3,6-10,13,19,22,34H,4-5,11-12,14H2/t19-,22-/m1/s1. The van der Waals surface area contributed by atoms with Crippen LogP contribution in [0.1, 0.15) is 47.8 Å². The molecule has 2 heterocycles. The number of hydrogen-bond acceptors (Lipinski definition) is 4. The van der Waals surface area contributed by atoms with Gasteiger partial charge in [-0.05, 0) is 42.5 Å². The summed E-state index contributed by atoms with van der Waals surface area (Å²) in [6.45, 7) is 0.491. The summed E-state index contributed by atoms with van der Waals surface area (Å²) in [5, 5.41) is 11.2. The lowest BCUT2D eigenvalue weighted by Crippen LogP contribution is -2.45. The third-order valence-electron chi connectivity index (χ3n) is 6.14. The van der Waals surface area contributed by atoms with Gasteiger partial charge in [0.25, 0.3) is 0 Å². The van der Waals surface area contributed by atoms with Crippen molar-refractivity contribution in [3.05, 3.63) is 77.0 Å². The number of thiocarbonyl (C=S) groups is 1. The van der Waals surface area contributed by atoms with Gasteiger partial charge in [-0.25, -0.2) is 4.98 Å². The number of alkyl halides is 6. The lowest BCUT2D eigenvalue weighted by atomic mass is 9.90. The van der Waals surface area contributed by atoms with Gasteiger partial charge in [0.1, 0.15) is 16.1 Å². The monoisotopic (exact) mass is 544 g/mol. The first kappa shape index (κ1) is 26.7. The number of hydrogen-bond donors (Lipinski definition) is 1. The predicted octanol–water partition coefficient (Wildman–Crippen LogP) is 7.38. The van der Waals surface area contributed by atoms with Crippen molar-refractivity contribution in [2.24, 2.45) is 0 Å². The molecule has 4 rings (SSSR count). The summed E-state index contributed by atoms with van der Waals surface area (Å²) in [7, 11) is 0. The highest BCUT2D eigenvalue weighted by Crippen LogP contribution is 2.41. The molecule has 0 bridgehead atoms. The zero-order valence-corrected chi connectivity index (χ0v) is 20.4. The van der Waals surface area contributed by atoms with E-state index < -0.39 is 41.3 Å². The normalized spacial score (nSPS) is 17.9. The molecule has 36 heavy (non-hydrogen) atoms. The maximum absolute atomic E-state index is 13.6. The van der Waals surface area contributed by atoms with E-state index in [4.69, 9.17) is 12.2 Å². The number of aliphatic hydroxyl groups is 1. The van der Waals surface area contributed by atoms with Gasteiger partial charge in [0.15, 0.2) is 0 Å². The van der Waals surface area contributed by atoms with E-state index in [9.17, 15) is 31.4 Å². The molecule has 192 valence electrons. The van der Waals surface area contributed by atoms with Gasteiger partial charge in [0.2, 0.25) is 0 Å². The van der Waals surface area contributed by atoms with E-state index in [1.54, 1.807) is 4.90 Å². The fraction of sp³-hybridized carbons (Fsp3) is 0.360. The summed E-state index contributed by atoms with van der Waals surface area (Å²) >= 11 is 6.98. The Morgan fingerprint density at radius 1 is 1.03 bits per heavy atom. The molecule has 3 aromatic rings. The maximum Gasteiger partial charge on any atom is 0.433 e. The van der Waals surface area contributed by atoms with Crippen LogP contribution in [0, 0.1) is 0 Å². The van der Waals surface area contributed by atoms with Gasteiger partial charge in [0.05, 0.1) is 17.1 Å². The Hall–Kier alpha value is -2.37. The van der Waals surface area contributed by atoms with Crippen LogP contribution >= 0.6 is 24.0 Å². The molecule has 2 aromatic carbocycles. The third kappa shape index (κ3) is 5.78. The zero-order chi connectivity index (χ0) is 26.1. The predicted molar refractivity (Wildman–Crippen MR) is 131 cm³/mol. The highest BCUT2D eigenvalue weighted by atomic mass is 32.2. The Labute approximate surface area is 213 Å². The fourth-order valence-corrected chi connectivity index (χ4v) is 5.69. The first-order valence-electron chi connectivity index (χ1n) is 11.2. The summed E-state index contributed by atoms with van der Waals surface area (Å²) in [5.74, 6) is 0.574. The van der Waals surface area contributed by atoms with Crippen LogP contribution in [0.25, 0.3) is 10.9 Å². The second-order valence-electron chi connectivity index (χ2n) is 8.54. The van der Waals surface area contributed by atoms with Gasteiger partial charge in [-0.1, -0.05) is 66.4 Å². The van der Waals surface area contributed by atoms with Gasteiger partial charge in [0, 0.05) is 17.7 Å². The summed E-state index contributed by atoms with van der Waals surface area (Å²) in [4.78, 5) is 5.10. The maximum atomic E-state index is 13.6. The van der Waals surface area contributed by atoms with Crippen molar-refractivity contribution in [2.45, 2.75) is 49.5 Å². The van der Waals surface area contributed by atoms with E-state index in [1.165, 1.54) is 17.8 Å². The van der Waals surface area contributed by atoms with Gasteiger partial charge < -0.3 is 10.0 Å². The number of aliphatic hydroxyl groups excluding tert-OH is 1. The molecule has 3 nitrogen and oxygen atoms in total. The van der Waals surface area contributed by atoms with E-state index in [-0.39, 0.29) is 10.9 Å². The number of benzene rings is 2. The molecule has 0 amide bonds. The van der Waals surface area contributed by atoms with Crippen LogP contribution in [0.3, 0.4) is 0 Å². The van der Waals surface area contributed by atoms with Crippen molar-refractivity contribution >= 4 is 39.2 Å². The average Bonchev–Trinajstić information content (AvgIpc) is 2.85. The summed E-state index contributed by atoms with van der Waals surface area (Å²) in [6.07, 6.45) is -9.50. The second-order valence-corrected chi connectivity index (χ2v) is 10.1. The molecular weight excluding hydrogens is 522 g/mol. The SMILES string of the molecule is O[C@H](c1cc(C(F)(F)F)nc2c(C(F)(F)F)cccc12)[C@H]1CCCCN1C(=S)SCc1ccccc1. The molecule has 0 unspecified atom stereocenters. The number of thioether (sulfide) groups is 1. The largest absolute Gasteiger partial charge is 0.433 e. The number of piperidine rings is 1. The van der Waals surface area contributed by atoms with Crippen LogP contribution in [-0.4, -0.2) is 31.9 Å². The molecule has 1 N–H and O–H groups in total. The number of halogens is 6. The topological polar surface area (TPSA) is 36.4 Å². The van der Waals surface area contributed by atoms with Crippen molar-refractivity contribution < 1.29 is 31.4 Å². The lowest BCUT2D eigenvalue weighted by Gasteiger charge is -2.40. The van der Waals surface area contributed by atoms with Crippen LogP contribution in [0.15, 0.2) is 54.6 Å². The molecule has 1 aliphatic rings. The molecule has 0 radical (unpaired) electrons. The van der Waals surface area contributed by atoms with Crippen molar-refractivity contribution in [3.8, 4) is 0 Å². The van der Waals surface area contributed by atoms with Crippen molar-refractivity contribution in [3.63, 3.8) is 0 Å². The highest BCUT2D eigenvalue weighted by Gasteiger charge is 2.39. The van der Waals surface area contributed by atoms with Crippen molar-refractivity contribution in [1.29, 1.82) is 0 Å². The Bertz CT molecular complexity index is 1230. The molecule has 1 aromatic heterocycles. The van der Waals surface area contributed by atoms with E-state index in [0.717, 1.165) is 18.1 Å². The van der Waals surface area contributed by atoms with Gasteiger partial charge >= 0.3 is 12.4 Å². The summed E-state index contributed by atoms with van der Waals surface area (Å²) < 4.78 is 82.2.